The highest BCUT2D eigenvalue weighted by Gasteiger charge is 2.31. The van der Waals surface area contributed by atoms with E-state index in [9.17, 15) is 18.4 Å². The fourth-order valence-corrected chi connectivity index (χ4v) is 3.49. The Bertz CT molecular complexity index is 883. The Labute approximate surface area is 129 Å². The van der Waals surface area contributed by atoms with Crippen LogP contribution in [0.3, 0.4) is 0 Å². The maximum absolute atomic E-state index is 12.8. The summed E-state index contributed by atoms with van der Waals surface area (Å²) in [4.78, 5) is 0.705. The van der Waals surface area contributed by atoms with Crippen LogP contribution in [0.15, 0.2) is 42.5 Å². The molecule has 2 aromatic carbocycles. The smallest absolute Gasteiger partial charge is 0.192 e. The van der Waals surface area contributed by atoms with Crippen molar-refractivity contribution in [1.82, 2.24) is 0 Å². The maximum atomic E-state index is 12.8. The van der Waals surface area contributed by atoms with Crippen molar-refractivity contribution < 1.29 is 13.2 Å². The predicted octanol–water partition coefficient (Wildman–Crippen LogP) is 5.77. The number of halogens is 3. The third-order valence-corrected chi connectivity index (χ3v) is 4.64. The predicted molar refractivity (Wildman–Crippen MR) is 81.7 cm³/mol. The summed E-state index contributed by atoms with van der Waals surface area (Å²) >= 11 is 1.22. The lowest BCUT2D eigenvalue weighted by Crippen LogP contribution is -2.03. The second kappa shape index (κ2) is 5.15. The number of thiophene rings is 1. The van der Waals surface area contributed by atoms with E-state index in [0.717, 1.165) is 23.3 Å². The highest BCUT2D eigenvalue weighted by atomic mass is 32.1. The van der Waals surface area contributed by atoms with Gasteiger partial charge >= 0.3 is 6.18 Å². The van der Waals surface area contributed by atoms with Crippen molar-refractivity contribution in [3.63, 3.8) is 0 Å². The van der Waals surface area contributed by atoms with Crippen molar-refractivity contribution in [2.75, 3.05) is 0 Å². The molecule has 110 valence electrons. The lowest BCUT2D eigenvalue weighted by Gasteiger charge is -2.05. The summed E-state index contributed by atoms with van der Waals surface area (Å²) in [5.41, 5.74) is 1.67. The van der Waals surface area contributed by atoms with Gasteiger partial charge in [0.05, 0.1) is 16.0 Å². The van der Waals surface area contributed by atoms with Gasteiger partial charge in [-0.1, -0.05) is 35.9 Å². The Morgan fingerprint density at radius 1 is 1.05 bits per heavy atom. The van der Waals surface area contributed by atoms with Gasteiger partial charge < -0.3 is 0 Å². The Kier molecular flexibility index (Phi) is 3.42. The van der Waals surface area contributed by atoms with Gasteiger partial charge in [-0.15, -0.1) is 11.3 Å². The minimum absolute atomic E-state index is 0.428. The average Bonchev–Trinajstić information content (AvgIpc) is 2.84. The molecule has 0 fully saturated rings. The maximum Gasteiger partial charge on any atom is 0.416 e. The molecule has 0 saturated carbocycles. The van der Waals surface area contributed by atoms with Crippen LogP contribution < -0.4 is 0 Å². The number of benzene rings is 2. The van der Waals surface area contributed by atoms with E-state index in [1.54, 1.807) is 0 Å². The van der Waals surface area contributed by atoms with Gasteiger partial charge in [-0.05, 0) is 24.6 Å². The quantitative estimate of drug-likeness (QED) is 0.559. The zero-order chi connectivity index (χ0) is 15.9. The van der Waals surface area contributed by atoms with Crippen LogP contribution in [0.4, 0.5) is 13.2 Å². The molecule has 22 heavy (non-hydrogen) atoms. The van der Waals surface area contributed by atoms with E-state index < -0.39 is 11.7 Å². The monoisotopic (exact) mass is 317 g/mol. The number of fused-ring (bicyclic) bond motifs is 1. The van der Waals surface area contributed by atoms with Crippen molar-refractivity contribution in [3.05, 3.63) is 59.2 Å². The summed E-state index contributed by atoms with van der Waals surface area (Å²) in [5.74, 6) is 0. The van der Waals surface area contributed by atoms with E-state index in [4.69, 9.17) is 0 Å². The molecule has 0 atom stereocenters. The van der Waals surface area contributed by atoms with E-state index in [1.807, 2.05) is 31.2 Å². The Balaban J connectivity index is 2.23. The molecule has 0 saturated heterocycles. The van der Waals surface area contributed by atoms with Crippen LogP contribution >= 0.6 is 11.3 Å². The molecular formula is C17H10F3NS. The third kappa shape index (κ3) is 2.46. The molecule has 0 spiro atoms. The second-order valence-corrected chi connectivity index (χ2v) is 6.04. The Morgan fingerprint density at radius 2 is 1.73 bits per heavy atom. The summed E-state index contributed by atoms with van der Waals surface area (Å²) in [7, 11) is 0. The highest BCUT2D eigenvalue weighted by molar-refractivity contribution is 7.22. The number of rotatable bonds is 1. The lowest BCUT2D eigenvalue weighted by atomic mass is 10.0. The molecule has 0 N–H and O–H groups in total. The topological polar surface area (TPSA) is 23.8 Å². The Morgan fingerprint density at radius 3 is 2.32 bits per heavy atom. The van der Waals surface area contributed by atoms with Crippen molar-refractivity contribution in [2.45, 2.75) is 13.1 Å². The molecule has 5 heteroatoms. The van der Waals surface area contributed by atoms with Crippen LogP contribution in [-0.2, 0) is 6.18 Å². The molecule has 0 bridgehead atoms. The van der Waals surface area contributed by atoms with E-state index in [-0.39, 0.29) is 0 Å². The van der Waals surface area contributed by atoms with Crippen LogP contribution in [0.25, 0.3) is 20.5 Å². The van der Waals surface area contributed by atoms with Gasteiger partial charge in [0.25, 0.3) is 0 Å². The average molecular weight is 317 g/mol. The third-order valence-electron chi connectivity index (χ3n) is 3.44. The van der Waals surface area contributed by atoms with Crippen molar-refractivity contribution in [3.8, 4) is 16.5 Å². The number of alkyl halides is 3. The molecule has 1 nitrogen and oxygen atoms in total. The summed E-state index contributed by atoms with van der Waals surface area (Å²) in [6.07, 6.45) is -4.38. The summed E-state index contributed by atoms with van der Waals surface area (Å²) in [6.45, 7) is 1.95. The highest BCUT2D eigenvalue weighted by Crippen LogP contribution is 2.40. The number of nitriles is 1. The van der Waals surface area contributed by atoms with E-state index in [0.29, 0.717) is 20.5 Å². The second-order valence-electron chi connectivity index (χ2n) is 4.99. The first kappa shape index (κ1) is 14.6. The van der Waals surface area contributed by atoms with Crippen molar-refractivity contribution >= 4 is 21.4 Å². The molecule has 0 aliphatic rings. The minimum Gasteiger partial charge on any atom is -0.192 e. The van der Waals surface area contributed by atoms with Gasteiger partial charge in [0.1, 0.15) is 6.07 Å². The van der Waals surface area contributed by atoms with Crippen LogP contribution in [0.2, 0.25) is 0 Å². The molecule has 0 amide bonds. The largest absolute Gasteiger partial charge is 0.416 e. The Hall–Kier alpha value is -2.32. The van der Waals surface area contributed by atoms with Crippen LogP contribution in [-0.4, -0.2) is 0 Å². The molecule has 3 aromatic rings. The first-order valence-electron chi connectivity index (χ1n) is 6.51. The number of aryl methyl sites for hydroxylation is 1. The standard InChI is InChI=1S/C17H10F3NS/c1-10-2-4-11(5-3-10)16-14(9-21)13-7-6-12(17(18,19)20)8-15(13)22-16/h2-8H,1H3. The zero-order valence-electron chi connectivity index (χ0n) is 11.5. The first-order chi connectivity index (χ1) is 10.4. The number of hydrogen-bond donors (Lipinski definition) is 0. The SMILES string of the molecule is Cc1ccc(-c2sc3cc(C(F)(F)F)ccc3c2C#N)cc1. The molecule has 1 heterocycles. The van der Waals surface area contributed by atoms with E-state index in [2.05, 4.69) is 6.07 Å². The summed E-state index contributed by atoms with van der Waals surface area (Å²) < 4.78 is 38.9. The fourth-order valence-electron chi connectivity index (χ4n) is 2.29. The molecule has 0 aliphatic carbocycles. The normalized spacial score (nSPS) is 11.6. The summed E-state index contributed by atoms with van der Waals surface area (Å²) in [5, 5.41) is 9.95. The minimum atomic E-state index is -4.38. The van der Waals surface area contributed by atoms with Gasteiger partial charge in [-0.25, -0.2) is 0 Å². The molecule has 0 aliphatic heterocycles. The zero-order valence-corrected chi connectivity index (χ0v) is 12.3. The van der Waals surface area contributed by atoms with Crippen LogP contribution in [0.5, 0.6) is 0 Å². The van der Waals surface area contributed by atoms with E-state index >= 15 is 0 Å². The number of hydrogen-bond acceptors (Lipinski definition) is 2. The van der Waals surface area contributed by atoms with Crippen LogP contribution in [0, 0.1) is 18.3 Å². The first-order valence-corrected chi connectivity index (χ1v) is 7.32. The molecule has 0 radical (unpaired) electrons. The van der Waals surface area contributed by atoms with Crippen molar-refractivity contribution in [1.29, 1.82) is 5.26 Å². The molecular weight excluding hydrogens is 307 g/mol. The van der Waals surface area contributed by atoms with Crippen molar-refractivity contribution in [2.24, 2.45) is 0 Å². The molecule has 0 unspecified atom stereocenters. The molecule has 1 aromatic heterocycles. The summed E-state index contributed by atoms with van der Waals surface area (Å²) in [6, 6.07) is 13.2. The molecule has 3 rings (SSSR count). The van der Waals surface area contributed by atoms with E-state index in [1.165, 1.54) is 17.4 Å². The van der Waals surface area contributed by atoms with Gasteiger partial charge in [0.2, 0.25) is 0 Å². The van der Waals surface area contributed by atoms with Gasteiger partial charge in [-0.2, -0.15) is 18.4 Å². The van der Waals surface area contributed by atoms with Crippen LogP contribution in [0.1, 0.15) is 16.7 Å². The van der Waals surface area contributed by atoms with Gasteiger partial charge in [0.15, 0.2) is 0 Å². The fraction of sp³-hybridized carbons (Fsp3) is 0.118. The number of nitrogens with zero attached hydrogens (tertiary/aromatic N) is 1. The lowest BCUT2D eigenvalue weighted by molar-refractivity contribution is -0.137. The van der Waals surface area contributed by atoms with Gasteiger partial charge in [0, 0.05) is 10.1 Å². The van der Waals surface area contributed by atoms with Gasteiger partial charge in [-0.3, -0.25) is 0 Å².